The zero-order valence-electron chi connectivity index (χ0n) is 15.1. The van der Waals surface area contributed by atoms with Gasteiger partial charge in [-0.2, -0.15) is 0 Å². The molecule has 0 saturated heterocycles. The molecule has 7 heteroatoms. The third kappa shape index (κ3) is 5.16. The number of nitrogens with zero attached hydrogens (tertiary/aromatic N) is 1. The molecule has 0 spiro atoms. The molecular formula is C19H23N3O3S. The van der Waals surface area contributed by atoms with Crippen molar-refractivity contribution in [3.63, 3.8) is 0 Å². The van der Waals surface area contributed by atoms with Crippen LogP contribution in [0.15, 0.2) is 42.5 Å². The molecule has 2 N–H and O–H groups in total. The molecule has 138 valence electrons. The van der Waals surface area contributed by atoms with E-state index >= 15 is 0 Å². The minimum absolute atomic E-state index is 0.0229. The molecule has 1 unspecified atom stereocenters. The van der Waals surface area contributed by atoms with Crippen LogP contribution in [0.5, 0.6) is 5.75 Å². The van der Waals surface area contributed by atoms with Crippen LogP contribution >= 0.6 is 12.2 Å². The average Bonchev–Trinajstić information content (AvgIpc) is 2.62. The van der Waals surface area contributed by atoms with E-state index in [0.717, 1.165) is 18.4 Å². The number of nitrogens with one attached hydrogen (secondary N) is 2. The van der Waals surface area contributed by atoms with Crippen molar-refractivity contribution >= 4 is 28.7 Å². The van der Waals surface area contributed by atoms with E-state index < -0.39 is 4.92 Å². The number of nitro groups is 1. The SMILES string of the molecule is CCCc1ccc(C(C)NC(=S)Nc2ccc([N+](=O)[O-])cc2OC)cc1. The summed E-state index contributed by atoms with van der Waals surface area (Å²) in [5, 5.41) is 17.5. The van der Waals surface area contributed by atoms with Gasteiger partial charge in [0, 0.05) is 6.07 Å². The van der Waals surface area contributed by atoms with Crippen molar-refractivity contribution in [3.05, 3.63) is 63.7 Å². The topological polar surface area (TPSA) is 76.4 Å². The maximum absolute atomic E-state index is 10.9. The summed E-state index contributed by atoms with van der Waals surface area (Å²) in [6, 6.07) is 12.8. The Morgan fingerprint density at radius 2 is 1.96 bits per heavy atom. The number of hydrogen-bond donors (Lipinski definition) is 2. The Kier molecular flexibility index (Phi) is 6.91. The van der Waals surface area contributed by atoms with Gasteiger partial charge >= 0.3 is 0 Å². The largest absolute Gasteiger partial charge is 0.494 e. The van der Waals surface area contributed by atoms with Crippen LogP contribution < -0.4 is 15.4 Å². The summed E-state index contributed by atoms with van der Waals surface area (Å²) in [7, 11) is 1.46. The van der Waals surface area contributed by atoms with E-state index in [-0.39, 0.29) is 11.7 Å². The van der Waals surface area contributed by atoms with Crippen molar-refractivity contribution in [1.82, 2.24) is 5.32 Å². The molecule has 26 heavy (non-hydrogen) atoms. The average molecular weight is 373 g/mol. The lowest BCUT2D eigenvalue weighted by Gasteiger charge is -2.18. The Morgan fingerprint density at radius 1 is 1.27 bits per heavy atom. The predicted molar refractivity (Wildman–Crippen MR) is 108 cm³/mol. The van der Waals surface area contributed by atoms with Gasteiger partial charge in [-0.05, 0) is 42.8 Å². The van der Waals surface area contributed by atoms with Crippen LogP contribution in [0.25, 0.3) is 0 Å². The molecule has 0 aromatic heterocycles. The van der Waals surface area contributed by atoms with Crippen molar-refractivity contribution < 1.29 is 9.66 Å². The molecule has 6 nitrogen and oxygen atoms in total. The molecule has 0 amide bonds. The lowest BCUT2D eigenvalue weighted by atomic mass is 10.0. The van der Waals surface area contributed by atoms with Crippen molar-refractivity contribution in [2.75, 3.05) is 12.4 Å². The van der Waals surface area contributed by atoms with Gasteiger partial charge in [0.1, 0.15) is 5.75 Å². The second-order valence-corrected chi connectivity index (χ2v) is 6.36. The molecule has 2 rings (SSSR count). The number of anilines is 1. The fraction of sp³-hybridized carbons (Fsp3) is 0.316. The van der Waals surface area contributed by atoms with Gasteiger partial charge in [-0.3, -0.25) is 10.1 Å². The summed E-state index contributed by atoms with van der Waals surface area (Å²) in [4.78, 5) is 10.4. The third-order valence-corrected chi connectivity index (χ3v) is 4.23. The summed E-state index contributed by atoms with van der Waals surface area (Å²) in [5.74, 6) is 0.361. The van der Waals surface area contributed by atoms with Crippen molar-refractivity contribution in [2.24, 2.45) is 0 Å². The van der Waals surface area contributed by atoms with Gasteiger partial charge in [0.05, 0.1) is 29.8 Å². The van der Waals surface area contributed by atoms with Crippen molar-refractivity contribution in [3.8, 4) is 5.75 Å². The number of hydrogen-bond acceptors (Lipinski definition) is 4. The maximum Gasteiger partial charge on any atom is 0.273 e. The lowest BCUT2D eigenvalue weighted by molar-refractivity contribution is -0.384. The van der Waals surface area contributed by atoms with E-state index in [1.54, 1.807) is 6.07 Å². The standard InChI is InChI=1S/C19H23N3O3S/c1-4-5-14-6-8-15(9-7-14)13(2)20-19(26)21-17-11-10-16(22(23)24)12-18(17)25-3/h6-13H,4-5H2,1-3H3,(H2,20,21,26). The molecule has 0 radical (unpaired) electrons. The summed E-state index contributed by atoms with van der Waals surface area (Å²) >= 11 is 5.36. The highest BCUT2D eigenvalue weighted by atomic mass is 32.1. The Bertz CT molecular complexity index is 778. The molecule has 0 aliphatic rings. The summed E-state index contributed by atoms with van der Waals surface area (Å²) in [6.07, 6.45) is 2.19. The van der Waals surface area contributed by atoms with Gasteiger partial charge in [-0.25, -0.2) is 0 Å². The number of thiocarbonyl (C=S) groups is 1. The highest BCUT2D eigenvalue weighted by Crippen LogP contribution is 2.29. The summed E-state index contributed by atoms with van der Waals surface area (Å²) in [5.41, 5.74) is 2.98. The van der Waals surface area contributed by atoms with Crippen molar-refractivity contribution in [2.45, 2.75) is 32.7 Å². The molecule has 2 aromatic rings. The number of benzene rings is 2. The normalized spacial score (nSPS) is 11.5. The first-order valence-electron chi connectivity index (χ1n) is 8.43. The number of methoxy groups -OCH3 is 1. The van der Waals surface area contributed by atoms with E-state index in [2.05, 4.69) is 41.8 Å². The van der Waals surface area contributed by atoms with Gasteiger partial charge in [-0.1, -0.05) is 37.6 Å². The first kappa shape index (κ1) is 19.7. The van der Waals surface area contributed by atoms with Gasteiger partial charge in [0.15, 0.2) is 5.11 Å². The maximum atomic E-state index is 10.9. The zero-order chi connectivity index (χ0) is 19.1. The Morgan fingerprint density at radius 3 is 2.54 bits per heavy atom. The Balaban J connectivity index is 2.02. The second kappa shape index (κ2) is 9.15. The van der Waals surface area contributed by atoms with E-state index in [0.29, 0.717) is 16.5 Å². The lowest BCUT2D eigenvalue weighted by Crippen LogP contribution is -2.31. The monoisotopic (exact) mass is 373 g/mol. The van der Waals surface area contributed by atoms with Crippen LogP contribution in [0.3, 0.4) is 0 Å². The smallest absolute Gasteiger partial charge is 0.273 e. The molecule has 0 fully saturated rings. The number of ether oxygens (including phenoxy) is 1. The van der Waals surface area contributed by atoms with Crippen LogP contribution in [0.2, 0.25) is 0 Å². The minimum Gasteiger partial charge on any atom is -0.494 e. The molecule has 2 aromatic carbocycles. The zero-order valence-corrected chi connectivity index (χ0v) is 15.9. The van der Waals surface area contributed by atoms with Gasteiger partial charge < -0.3 is 15.4 Å². The van der Waals surface area contributed by atoms with Crippen LogP contribution in [-0.4, -0.2) is 17.1 Å². The molecule has 0 heterocycles. The second-order valence-electron chi connectivity index (χ2n) is 5.95. The first-order chi connectivity index (χ1) is 12.4. The third-order valence-electron chi connectivity index (χ3n) is 4.01. The Labute approximate surface area is 158 Å². The highest BCUT2D eigenvalue weighted by molar-refractivity contribution is 7.80. The summed E-state index contributed by atoms with van der Waals surface area (Å²) < 4.78 is 5.21. The number of rotatable bonds is 7. The Hall–Kier alpha value is -2.67. The van der Waals surface area contributed by atoms with Crippen molar-refractivity contribution in [1.29, 1.82) is 0 Å². The van der Waals surface area contributed by atoms with E-state index in [4.69, 9.17) is 17.0 Å². The van der Waals surface area contributed by atoms with E-state index in [9.17, 15) is 10.1 Å². The van der Waals surface area contributed by atoms with Gasteiger partial charge in [0.2, 0.25) is 0 Å². The number of aryl methyl sites for hydroxylation is 1. The van der Waals surface area contributed by atoms with Crippen LogP contribution in [0.1, 0.15) is 37.4 Å². The van der Waals surface area contributed by atoms with E-state index in [1.165, 1.54) is 24.8 Å². The van der Waals surface area contributed by atoms with Crippen LogP contribution in [-0.2, 0) is 6.42 Å². The molecule has 0 aliphatic carbocycles. The fourth-order valence-electron chi connectivity index (χ4n) is 2.60. The number of non-ortho nitro benzene ring substituents is 1. The van der Waals surface area contributed by atoms with Gasteiger partial charge in [0.25, 0.3) is 5.69 Å². The van der Waals surface area contributed by atoms with E-state index in [1.807, 2.05) is 6.92 Å². The van der Waals surface area contributed by atoms with Crippen LogP contribution in [0.4, 0.5) is 11.4 Å². The quantitative estimate of drug-likeness (QED) is 0.419. The minimum atomic E-state index is -0.465. The van der Waals surface area contributed by atoms with Gasteiger partial charge in [-0.15, -0.1) is 0 Å². The summed E-state index contributed by atoms with van der Waals surface area (Å²) in [6.45, 7) is 4.19. The fourth-order valence-corrected chi connectivity index (χ4v) is 2.88. The molecule has 0 aliphatic heterocycles. The highest BCUT2D eigenvalue weighted by Gasteiger charge is 2.13. The molecule has 0 saturated carbocycles. The molecule has 1 atom stereocenters. The predicted octanol–water partition coefficient (Wildman–Crippen LogP) is 4.60. The van der Waals surface area contributed by atoms with Crippen LogP contribution in [0, 0.1) is 10.1 Å². The molecule has 0 bridgehead atoms. The first-order valence-corrected chi connectivity index (χ1v) is 8.84. The molecular weight excluding hydrogens is 350 g/mol. The number of nitro benzene ring substituents is 1.